The van der Waals surface area contributed by atoms with Gasteiger partial charge in [-0.1, -0.05) is 0 Å². The zero-order valence-corrected chi connectivity index (χ0v) is 4.72. The van der Waals surface area contributed by atoms with Crippen molar-refractivity contribution in [3.05, 3.63) is 0 Å². The fourth-order valence-corrected chi connectivity index (χ4v) is 0. The summed E-state index contributed by atoms with van der Waals surface area (Å²) in [5, 5.41) is -2.53. The van der Waals surface area contributed by atoms with Gasteiger partial charge in [0, 0.05) is 0 Å². The van der Waals surface area contributed by atoms with Crippen molar-refractivity contribution >= 4 is 10.1 Å². The lowest BCUT2D eigenvalue weighted by Crippen LogP contribution is -2.63. The molecule has 0 atom stereocenters. The molecule has 7 heteroatoms. The summed E-state index contributed by atoms with van der Waals surface area (Å²) in [6.45, 7) is 0. The monoisotopic (exact) mass is 141 g/mol. The summed E-state index contributed by atoms with van der Waals surface area (Å²) in [5.74, 6) is 0. The highest BCUT2D eigenvalue weighted by molar-refractivity contribution is 7.87. The molecule has 0 amide bonds. The van der Waals surface area contributed by atoms with Crippen LogP contribution in [0.25, 0.3) is 0 Å². The lowest BCUT2D eigenvalue weighted by atomic mass is 11.0. The third kappa shape index (κ3) is 1.72. The lowest BCUT2D eigenvalue weighted by molar-refractivity contribution is 0.432. The van der Waals surface area contributed by atoms with Crippen LogP contribution in [0.2, 0.25) is 0 Å². The predicted molar refractivity (Wildman–Crippen MR) is 26.8 cm³/mol. The van der Waals surface area contributed by atoms with Gasteiger partial charge in [0.05, 0.1) is 0 Å². The van der Waals surface area contributed by atoms with Gasteiger partial charge in [-0.3, -0.25) is 21.8 Å². The summed E-state index contributed by atoms with van der Waals surface area (Å²) >= 11 is 0. The Bertz CT molecular complexity index is 163. The van der Waals surface area contributed by atoms with Crippen LogP contribution >= 0.6 is 0 Å². The third-order valence-corrected chi connectivity index (χ3v) is 1.34. The molecule has 0 fully saturated rings. The summed E-state index contributed by atoms with van der Waals surface area (Å²) in [6.07, 6.45) is 0. The minimum Gasteiger partial charge on any atom is -0.286 e. The van der Waals surface area contributed by atoms with Crippen molar-refractivity contribution < 1.29 is 13.0 Å². The highest BCUT2D eigenvalue weighted by atomic mass is 32.2. The van der Waals surface area contributed by atoms with E-state index in [1.807, 2.05) is 0 Å². The quantitative estimate of drug-likeness (QED) is 0.233. The van der Waals surface area contributed by atoms with Crippen molar-refractivity contribution in [2.75, 3.05) is 0 Å². The van der Waals surface area contributed by atoms with Gasteiger partial charge >= 0.3 is 10.1 Å². The van der Waals surface area contributed by atoms with Gasteiger partial charge in [-0.25, -0.2) is 0 Å². The Morgan fingerprint density at radius 3 is 1.38 bits per heavy atom. The van der Waals surface area contributed by atoms with Crippen LogP contribution < -0.4 is 17.2 Å². The van der Waals surface area contributed by atoms with E-state index in [1.54, 1.807) is 0 Å². The summed E-state index contributed by atoms with van der Waals surface area (Å²) < 4.78 is 27.6. The molecule has 0 saturated carbocycles. The highest BCUT2D eigenvalue weighted by Crippen LogP contribution is 1.88. The van der Waals surface area contributed by atoms with Crippen molar-refractivity contribution in [1.82, 2.24) is 0 Å². The Morgan fingerprint density at radius 1 is 1.25 bits per heavy atom. The fraction of sp³-hybridized carbons (Fsp3) is 1.00. The molecule has 50 valence electrons. The minimum atomic E-state index is -4.51. The van der Waals surface area contributed by atoms with E-state index in [-0.39, 0.29) is 0 Å². The molecule has 0 aromatic heterocycles. The maximum absolute atomic E-state index is 9.83. The Morgan fingerprint density at radius 2 is 1.38 bits per heavy atom. The molecule has 0 heterocycles. The molecule has 7 N–H and O–H groups in total. The van der Waals surface area contributed by atoms with Gasteiger partial charge < -0.3 is 0 Å². The predicted octanol–water partition coefficient (Wildman–Crippen LogP) is -2.64. The Kier molecular flexibility index (Phi) is 1.59. The first kappa shape index (κ1) is 7.79. The molecule has 0 rings (SSSR count). The van der Waals surface area contributed by atoms with Gasteiger partial charge in [0.2, 0.25) is 5.12 Å². The van der Waals surface area contributed by atoms with E-state index in [2.05, 4.69) is 17.2 Å². The molecular formula is CH7N3O3S. The standard InChI is InChI=1S/CH7N3O3S/c2-1(3,4)8(5,6)7/h2-4H2,(H,5,6,7). The average Bonchev–Trinajstić information content (AvgIpc) is 1.25. The molecule has 8 heavy (non-hydrogen) atoms. The summed E-state index contributed by atoms with van der Waals surface area (Å²) in [5.41, 5.74) is 13.6. The number of rotatable bonds is 1. The van der Waals surface area contributed by atoms with Crippen LogP contribution in [0.15, 0.2) is 0 Å². The van der Waals surface area contributed by atoms with E-state index in [4.69, 9.17) is 4.55 Å². The van der Waals surface area contributed by atoms with Crippen LogP contribution in [0.4, 0.5) is 0 Å². The van der Waals surface area contributed by atoms with E-state index < -0.39 is 15.2 Å². The van der Waals surface area contributed by atoms with E-state index in [1.165, 1.54) is 0 Å². The topological polar surface area (TPSA) is 132 Å². The minimum absolute atomic E-state index is 2.53. The Hall–Kier alpha value is -0.210. The third-order valence-electron chi connectivity index (χ3n) is 0.447. The number of hydrogen-bond acceptors (Lipinski definition) is 5. The smallest absolute Gasteiger partial charge is 0.286 e. The van der Waals surface area contributed by atoms with Crippen LogP contribution in [-0.2, 0) is 10.1 Å². The average molecular weight is 141 g/mol. The van der Waals surface area contributed by atoms with Gasteiger partial charge in [-0.15, -0.1) is 0 Å². The van der Waals surface area contributed by atoms with Crippen LogP contribution in [-0.4, -0.2) is 18.1 Å². The molecule has 0 aromatic rings. The first-order valence-electron chi connectivity index (χ1n) is 1.59. The molecule has 0 unspecified atom stereocenters. The largest absolute Gasteiger partial charge is 0.312 e. The second-order valence-corrected chi connectivity index (χ2v) is 2.99. The molecule has 0 aromatic carbocycles. The molecule has 0 bridgehead atoms. The molecule has 0 aliphatic carbocycles. The second kappa shape index (κ2) is 1.64. The van der Waals surface area contributed by atoms with Gasteiger partial charge in [-0.05, 0) is 0 Å². The zero-order chi connectivity index (χ0) is 7.00. The summed E-state index contributed by atoms with van der Waals surface area (Å²) in [7, 11) is -4.51. The van der Waals surface area contributed by atoms with Crippen LogP contribution in [0.3, 0.4) is 0 Å². The molecule has 0 aliphatic heterocycles. The Balaban J connectivity index is 4.53. The van der Waals surface area contributed by atoms with E-state index in [9.17, 15) is 8.42 Å². The van der Waals surface area contributed by atoms with Crippen molar-refractivity contribution in [2.45, 2.75) is 5.12 Å². The van der Waals surface area contributed by atoms with Crippen molar-refractivity contribution in [2.24, 2.45) is 17.2 Å². The molecule has 0 saturated heterocycles. The van der Waals surface area contributed by atoms with Crippen molar-refractivity contribution in [3.63, 3.8) is 0 Å². The van der Waals surface area contributed by atoms with Crippen LogP contribution in [0.5, 0.6) is 0 Å². The van der Waals surface area contributed by atoms with Crippen molar-refractivity contribution in [1.29, 1.82) is 0 Å². The maximum atomic E-state index is 9.83. The Labute approximate surface area is 46.4 Å². The van der Waals surface area contributed by atoms with E-state index in [0.717, 1.165) is 0 Å². The van der Waals surface area contributed by atoms with Gasteiger partial charge in [0.1, 0.15) is 0 Å². The first-order valence-corrected chi connectivity index (χ1v) is 3.03. The fourth-order valence-electron chi connectivity index (χ4n) is 0. The number of nitrogens with two attached hydrogens (primary N) is 3. The second-order valence-electron chi connectivity index (χ2n) is 1.33. The SMILES string of the molecule is NC(N)(N)S(=O)(=O)O. The van der Waals surface area contributed by atoms with E-state index >= 15 is 0 Å². The highest BCUT2D eigenvalue weighted by Gasteiger charge is 2.28. The molecular weight excluding hydrogens is 134 g/mol. The first-order chi connectivity index (χ1) is 3.25. The number of hydrogen-bond donors (Lipinski definition) is 4. The van der Waals surface area contributed by atoms with Gasteiger partial charge in [-0.2, -0.15) is 8.42 Å². The molecule has 6 nitrogen and oxygen atoms in total. The van der Waals surface area contributed by atoms with Crippen LogP contribution in [0.1, 0.15) is 0 Å². The van der Waals surface area contributed by atoms with Gasteiger partial charge in [0.25, 0.3) is 0 Å². The van der Waals surface area contributed by atoms with Gasteiger partial charge in [0.15, 0.2) is 0 Å². The zero-order valence-electron chi connectivity index (χ0n) is 3.90. The van der Waals surface area contributed by atoms with Crippen molar-refractivity contribution in [3.8, 4) is 0 Å². The molecule has 0 aliphatic rings. The summed E-state index contributed by atoms with van der Waals surface area (Å²) in [6, 6.07) is 0. The summed E-state index contributed by atoms with van der Waals surface area (Å²) in [4.78, 5) is 0. The van der Waals surface area contributed by atoms with E-state index in [0.29, 0.717) is 0 Å². The molecule has 0 spiro atoms. The maximum Gasteiger partial charge on any atom is 0.312 e. The molecule has 0 radical (unpaired) electrons. The lowest BCUT2D eigenvalue weighted by Gasteiger charge is -2.12. The van der Waals surface area contributed by atoms with Crippen LogP contribution in [0, 0.1) is 0 Å². The normalized spacial score (nSPS) is 14.0.